The molecule has 1 aromatic heterocycles. The van der Waals surface area contributed by atoms with Gasteiger partial charge in [-0.25, -0.2) is 9.37 Å². The number of rotatable bonds is 2. The first-order valence-corrected chi connectivity index (χ1v) is 6.92. The third-order valence-electron chi connectivity index (χ3n) is 3.42. The molecule has 0 N–H and O–H groups in total. The Morgan fingerprint density at radius 1 is 1.29 bits per heavy atom. The van der Waals surface area contributed by atoms with Crippen LogP contribution in [0.3, 0.4) is 0 Å². The molecule has 0 saturated heterocycles. The molecule has 5 heteroatoms. The number of nitrogens with zero attached hydrogens (tertiary/aromatic N) is 3. The minimum absolute atomic E-state index is 0.00956. The number of fused-ring (bicyclic) bond motifs is 1. The fourth-order valence-corrected chi connectivity index (χ4v) is 2.63. The standard InChI is InChI=1S/C16H11ClFN3/c1-10-4-2-7-14-16(10)20-15(8-17)21(14)13-6-3-5-12(18)11(13)9-19/h2-7H,8H2,1H3. The molecule has 0 aliphatic carbocycles. The van der Waals surface area contributed by atoms with Crippen LogP contribution in [0.15, 0.2) is 36.4 Å². The lowest BCUT2D eigenvalue weighted by molar-refractivity contribution is 0.622. The highest BCUT2D eigenvalue weighted by Crippen LogP contribution is 2.27. The molecule has 2 aromatic carbocycles. The Morgan fingerprint density at radius 2 is 2.05 bits per heavy atom. The Hall–Kier alpha value is -2.38. The smallest absolute Gasteiger partial charge is 0.143 e. The molecular formula is C16H11ClFN3. The van der Waals surface area contributed by atoms with Gasteiger partial charge in [-0.2, -0.15) is 5.26 Å². The van der Waals surface area contributed by atoms with E-state index in [1.807, 2.05) is 31.2 Å². The number of aryl methyl sites for hydroxylation is 1. The molecule has 0 amide bonds. The second-order valence-electron chi connectivity index (χ2n) is 4.69. The van der Waals surface area contributed by atoms with Gasteiger partial charge in [-0.05, 0) is 30.7 Å². The highest BCUT2D eigenvalue weighted by atomic mass is 35.5. The van der Waals surface area contributed by atoms with E-state index in [2.05, 4.69) is 4.98 Å². The first-order chi connectivity index (χ1) is 10.2. The number of alkyl halides is 1. The minimum Gasteiger partial charge on any atom is -0.294 e. The summed E-state index contributed by atoms with van der Waals surface area (Å²) in [6.45, 7) is 1.95. The molecular weight excluding hydrogens is 289 g/mol. The van der Waals surface area contributed by atoms with Crippen molar-refractivity contribution in [3.8, 4) is 11.8 Å². The lowest BCUT2D eigenvalue weighted by atomic mass is 10.1. The molecule has 3 aromatic rings. The summed E-state index contributed by atoms with van der Waals surface area (Å²) in [5, 5.41) is 9.23. The molecule has 0 aliphatic rings. The van der Waals surface area contributed by atoms with Crippen LogP contribution in [0.1, 0.15) is 17.0 Å². The maximum absolute atomic E-state index is 13.9. The Balaban J connectivity index is 2.43. The maximum atomic E-state index is 13.9. The summed E-state index contributed by atoms with van der Waals surface area (Å²) in [4.78, 5) is 4.51. The quantitative estimate of drug-likeness (QED) is 0.669. The van der Waals surface area contributed by atoms with Crippen molar-refractivity contribution in [2.24, 2.45) is 0 Å². The van der Waals surface area contributed by atoms with Crippen molar-refractivity contribution in [3.05, 3.63) is 59.2 Å². The average Bonchev–Trinajstić information content (AvgIpc) is 2.87. The van der Waals surface area contributed by atoms with E-state index in [9.17, 15) is 9.65 Å². The van der Waals surface area contributed by atoms with Gasteiger partial charge in [-0.3, -0.25) is 4.57 Å². The number of halogens is 2. The predicted octanol–water partition coefficient (Wildman–Crippen LogP) is 4.08. The summed E-state index contributed by atoms with van der Waals surface area (Å²) in [7, 11) is 0. The van der Waals surface area contributed by atoms with Crippen LogP contribution in [-0.2, 0) is 5.88 Å². The van der Waals surface area contributed by atoms with Crippen molar-refractivity contribution in [2.45, 2.75) is 12.8 Å². The summed E-state index contributed by atoms with van der Waals surface area (Å²) >= 11 is 5.98. The van der Waals surface area contributed by atoms with E-state index in [0.29, 0.717) is 11.5 Å². The zero-order valence-corrected chi connectivity index (χ0v) is 12.0. The molecule has 3 rings (SSSR count). The van der Waals surface area contributed by atoms with Crippen molar-refractivity contribution in [1.82, 2.24) is 9.55 Å². The van der Waals surface area contributed by atoms with Gasteiger partial charge in [-0.1, -0.05) is 18.2 Å². The number of aromatic nitrogens is 2. The Bertz CT molecular complexity index is 877. The zero-order chi connectivity index (χ0) is 15.0. The van der Waals surface area contributed by atoms with Gasteiger partial charge in [-0.15, -0.1) is 11.6 Å². The second-order valence-corrected chi connectivity index (χ2v) is 4.95. The highest BCUT2D eigenvalue weighted by molar-refractivity contribution is 6.17. The molecule has 21 heavy (non-hydrogen) atoms. The number of imidazole rings is 1. The van der Waals surface area contributed by atoms with Gasteiger partial charge >= 0.3 is 0 Å². The average molecular weight is 300 g/mol. The summed E-state index contributed by atoms with van der Waals surface area (Å²) in [6, 6.07) is 12.2. The van der Waals surface area contributed by atoms with Gasteiger partial charge < -0.3 is 0 Å². The number of para-hydroxylation sites is 1. The van der Waals surface area contributed by atoms with Gasteiger partial charge in [0.1, 0.15) is 23.3 Å². The minimum atomic E-state index is -0.551. The molecule has 0 saturated carbocycles. The van der Waals surface area contributed by atoms with Crippen LogP contribution < -0.4 is 0 Å². The number of nitriles is 1. The van der Waals surface area contributed by atoms with Gasteiger partial charge in [0.05, 0.1) is 22.6 Å². The SMILES string of the molecule is Cc1cccc2c1nc(CCl)n2-c1cccc(F)c1C#N. The molecule has 0 unspecified atom stereocenters. The summed E-state index contributed by atoms with van der Waals surface area (Å²) in [6.07, 6.45) is 0. The molecule has 0 radical (unpaired) electrons. The molecule has 0 atom stereocenters. The van der Waals surface area contributed by atoms with Crippen molar-refractivity contribution < 1.29 is 4.39 Å². The van der Waals surface area contributed by atoms with Crippen molar-refractivity contribution in [1.29, 1.82) is 5.26 Å². The van der Waals surface area contributed by atoms with Crippen LogP contribution in [0, 0.1) is 24.1 Å². The highest BCUT2D eigenvalue weighted by Gasteiger charge is 2.17. The molecule has 0 aliphatic heterocycles. The Morgan fingerprint density at radius 3 is 2.76 bits per heavy atom. The summed E-state index contributed by atoms with van der Waals surface area (Å²) in [5.41, 5.74) is 3.08. The summed E-state index contributed by atoms with van der Waals surface area (Å²) < 4.78 is 15.6. The van der Waals surface area contributed by atoms with Crippen molar-refractivity contribution in [2.75, 3.05) is 0 Å². The number of hydrogen-bond donors (Lipinski definition) is 0. The topological polar surface area (TPSA) is 41.6 Å². The van der Waals surface area contributed by atoms with E-state index in [0.717, 1.165) is 16.6 Å². The van der Waals surface area contributed by atoms with E-state index >= 15 is 0 Å². The van der Waals surface area contributed by atoms with E-state index < -0.39 is 5.82 Å². The molecule has 0 bridgehead atoms. The molecule has 104 valence electrons. The molecule has 0 spiro atoms. The molecule has 0 fully saturated rings. The van der Waals surface area contributed by atoms with Crippen LogP contribution in [0.5, 0.6) is 0 Å². The van der Waals surface area contributed by atoms with Gasteiger partial charge in [0.2, 0.25) is 0 Å². The van der Waals surface area contributed by atoms with Gasteiger partial charge in [0, 0.05) is 0 Å². The predicted molar refractivity (Wildman–Crippen MR) is 80.0 cm³/mol. The summed E-state index contributed by atoms with van der Waals surface area (Å²) in [5.74, 6) is 0.211. The van der Waals surface area contributed by atoms with Crippen molar-refractivity contribution >= 4 is 22.6 Å². The fraction of sp³-hybridized carbons (Fsp3) is 0.125. The fourth-order valence-electron chi connectivity index (χ4n) is 2.46. The molecule has 1 heterocycles. The Kier molecular flexibility index (Phi) is 3.36. The van der Waals surface area contributed by atoms with E-state index in [1.165, 1.54) is 6.07 Å². The monoisotopic (exact) mass is 299 g/mol. The molecule has 3 nitrogen and oxygen atoms in total. The van der Waals surface area contributed by atoms with Crippen LogP contribution in [0.4, 0.5) is 4.39 Å². The zero-order valence-electron chi connectivity index (χ0n) is 11.3. The van der Waals surface area contributed by atoms with Crippen LogP contribution in [-0.4, -0.2) is 9.55 Å². The largest absolute Gasteiger partial charge is 0.294 e. The van der Waals surface area contributed by atoms with Crippen LogP contribution in [0.2, 0.25) is 0 Å². The third-order valence-corrected chi connectivity index (χ3v) is 3.66. The van der Waals surface area contributed by atoms with E-state index in [-0.39, 0.29) is 11.4 Å². The van der Waals surface area contributed by atoms with Crippen LogP contribution in [0.25, 0.3) is 16.7 Å². The van der Waals surface area contributed by atoms with E-state index in [4.69, 9.17) is 11.6 Å². The van der Waals surface area contributed by atoms with Crippen molar-refractivity contribution in [3.63, 3.8) is 0 Å². The lowest BCUT2D eigenvalue weighted by Gasteiger charge is -2.10. The normalized spacial score (nSPS) is 10.8. The van der Waals surface area contributed by atoms with Crippen LogP contribution >= 0.6 is 11.6 Å². The third kappa shape index (κ3) is 2.07. The second kappa shape index (κ2) is 5.19. The maximum Gasteiger partial charge on any atom is 0.143 e. The Labute approximate surface area is 126 Å². The number of hydrogen-bond acceptors (Lipinski definition) is 2. The lowest BCUT2D eigenvalue weighted by Crippen LogP contribution is -2.03. The van der Waals surface area contributed by atoms with E-state index in [1.54, 1.807) is 16.7 Å². The van der Waals surface area contributed by atoms with Gasteiger partial charge in [0.15, 0.2) is 0 Å². The number of benzene rings is 2. The van der Waals surface area contributed by atoms with Gasteiger partial charge in [0.25, 0.3) is 0 Å². The first-order valence-electron chi connectivity index (χ1n) is 6.39. The first kappa shape index (κ1) is 13.6.